The summed E-state index contributed by atoms with van der Waals surface area (Å²) in [6, 6.07) is 5.77. The van der Waals surface area contributed by atoms with Crippen LogP contribution in [0.5, 0.6) is 11.5 Å². The molecule has 0 saturated heterocycles. The van der Waals surface area contributed by atoms with Crippen molar-refractivity contribution in [1.82, 2.24) is 0 Å². The van der Waals surface area contributed by atoms with Crippen LogP contribution >= 0.6 is 11.6 Å². The van der Waals surface area contributed by atoms with Crippen LogP contribution < -0.4 is 9.47 Å². The van der Waals surface area contributed by atoms with Gasteiger partial charge in [-0.25, -0.2) is 0 Å². The van der Waals surface area contributed by atoms with Crippen molar-refractivity contribution >= 4 is 17.7 Å². The van der Waals surface area contributed by atoms with Crippen molar-refractivity contribution in [1.29, 1.82) is 0 Å². The van der Waals surface area contributed by atoms with Crippen LogP contribution in [0.2, 0.25) is 0 Å². The highest BCUT2D eigenvalue weighted by Gasteiger charge is 2.06. The minimum atomic E-state index is 0.306. The molecular weight excluding hydrogens is 188 g/mol. The molecule has 0 saturated carbocycles. The molecule has 0 atom stereocenters. The van der Waals surface area contributed by atoms with Crippen LogP contribution in [0.3, 0.4) is 0 Å². The Labute approximate surface area is 81.7 Å². The van der Waals surface area contributed by atoms with Gasteiger partial charge in [0.2, 0.25) is 6.79 Å². The first-order valence-corrected chi connectivity index (χ1v) is 4.55. The fourth-order valence-corrected chi connectivity index (χ4v) is 1.29. The third kappa shape index (κ3) is 1.95. The normalized spacial score (nSPS) is 13.9. The van der Waals surface area contributed by atoms with Gasteiger partial charge in [0, 0.05) is 11.9 Å². The quantitative estimate of drug-likeness (QED) is 0.678. The van der Waals surface area contributed by atoms with Crippen molar-refractivity contribution in [3.63, 3.8) is 0 Å². The Morgan fingerprint density at radius 3 is 2.54 bits per heavy atom. The second-order valence-corrected chi connectivity index (χ2v) is 3.01. The van der Waals surface area contributed by atoms with Gasteiger partial charge in [0.1, 0.15) is 11.5 Å². The number of hydrogen-bond donors (Lipinski definition) is 0. The highest BCUT2D eigenvalue weighted by molar-refractivity contribution is 6.19. The summed E-state index contributed by atoms with van der Waals surface area (Å²) in [4.78, 5) is 0. The number of hydrogen-bond acceptors (Lipinski definition) is 2. The Morgan fingerprint density at radius 2 is 1.92 bits per heavy atom. The lowest BCUT2D eigenvalue weighted by Crippen LogP contribution is -2.10. The summed E-state index contributed by atoms with van der Waals surface area (Å²) in [6.45, 7) is 0.306. The van der Waals surface area contributed by atoms with E-state index in [2.05, 4.69) is 0 Å². The van der Waals surface area contributed by atoms with Gasteiger partial charge in [0.25, 0.3) is 0 Å². The standard InChI is InChI=1S/C10H9ClO2/c11-3-1-2-8-4-9-6-10(5-8)13-7-12-9/h1-2,4-6H,3,7H2/b2-1+. The van der Waals surface area contributed by atoms with E-state index in [1.54, 1.807) is 0 Å². The number of halogens is 1. The van der Waals surface area contributed by atoms with Crippen molar-refractivity contribution in [3.8, 4) is 11.5 Å². The van der Waals surface area contributed by atoms with Crippen LogP contribution in [0.4, 0.5) is 0 Å². The van der Waals surface area contributed by atoms with Gasteiger partial charge in [-0.15, -0.1) is 11.6 Å². The molecule has 0 fully saturated rings. The third-order valence-electron chi connectivity index (χ3n) is 1.75. The summed E-state index contributed by atoms with van der Waals surface area (Å²) >= 11 is 5.53. The molecule has 0 spiro atoms. The zero-order valence-electron chi connectivity index (χ0n) is 7.00. The van der Waals surface area contributed by atoms with E-state index < -0.39 is 0 Å². The van der Waals surface area contributed by atoms with Gasteiger partial charge in [-0.1, -0.05) is 12.2 Å². The van der Waals surface area contributed by atoms with Gasteiger partial charge in [0.15, 0.2) is 0 Å². The van der Waals surface area contributed by atoms with E-state index in [-0.39, 0.29) is 0 Å². The number of allylic oxidation sites excluding steroid dienone is 1. The summed E-state index contributed by atoms with van der Waals surface area (Å²) < 4.78 is 10.4. The van der Waals surface area contributed by atoms with Crippen molar-refractivity contribution in [2.45, 2.75) is 0 Å². The molecule has 3 heteroatoms. The number of ether oxygens (including phenoxy) is 2. The maximum atomic E-state index is 5.53. The third-order valence-corrected chi connectivity index (χ3v) is 1.93. The molecule has 0 radical (unpaired) electrons. The molecule has 2 rings (SSSR count). The molecule has 2 bridgehead atoms. The first-order chi connectivity index (χ1) is 6.38. The van der Waals surface area contributed by atoms with E-state index in [4.69, 9.17) is 21.1 Å². The molecule has 1 aliphatic heterocycles. The van der Waals surface area contributed by atoms with Gasteiger partial charge in [-0.2, -0.15) is 0 Å². The van der Waals surface area contributed by atoms with Crippen LogP contribution in [-0.2, 0) is 0 Å². The van der Waals surface area contributed by atoms with Gasteiger partial charge < -0.3 is 9.47 Å². The van der Waals surface area contributed by atoms with Crippen molar-refractivity contribution in [2.75, 3.05) is 12.7 Å². The maximum Gasteiger partial charge on any atom is 0.230 e. The predicted octanol–water partition coefficient (Wildman–Crippen LogP) is 2.67. The fraction of sp³-hybridized carbons (Fsp3) is 0.200. The van der Waals surface area contributed by atoms with Gasteiger partial charge >= 0.3 is 0 Å². The largest absolute Gasteiger partial charge is 0.457 e. The first-order valence-electron chi connectivity index (χ1n) is 4.02. The molecule has 0 aliphatic carbocycles. The monoisotopic (exact) mass is 196 g/mol. The number of benzene rings is 1. The number of rotatable bonds is 2. The van der Waals surface area contributed by atoms with Gasteiger partial charge in [0.05, 0.1) is 0 Å². The van der Waals surface area contributed by atoms with Crippen LogP contribution in [0.1, 0.15) is 5.56 Å². The lowest BCUT2D eigenvalue weighted by molar-refractivity contribution is 0.105. The smallest absolute Gasteiger partial charge is 0.230 e. The topological polar surface area (TPSA) is 18.5 Å². The molecule has 0 N–H and O–H groups in total. The van der Waals surface area contributed by atoms with Crippen LogP contribution in [0, 0.1) is 0 Å². The van der Waals surface area contributed by atoms with E-state index in [0.717, 1.165) is 17.1 Å². The zero-order valence-corrected chi connectivity index (χ0v) is 7.75. The SMILES string of the molecule is ClC/C=C/c1cc2cc(c1)OCO2. The molecule has 1 aliphatic rings. The van der Waals surface area contributed by atoms with Crippen LogP contribution in [0.15, 0.2) is 24.3 Å². The lowest BCUT2D eigenvalue weighted by atomic mass is 10.2. The molecule has 68 valence electrons. The Kier molecular flexibility index (Phi) is 2.41. The van der Waals surface area contributed by atoms with Crippen LogP contribution in [0.25, 0.3) is 6.08 Å². The molecule has 0 unspecified atom stereocenters. The highest BCUT2D eigenvalue weighted by atomic mass is 35.5. The van der Waals surface area contributed by atoms with Gasteiger partial charge in [-0.3, -0.25) is 0 Å². The summed E-state index contributed by atoms with van der Waals surface area (Å²) in [5.74, 6) is 2.21. The van der Waals surface area contributed by atoms with Crippen molar-refractivity contribution < 1.29 is 9.47 Å². The molecule has 1 aromatic rings. The Morgan fingerprint density at radius 1 is 1.23 bits per heavy atom. The molecule has 2 nitrogen and oxygen atoms in total. The average Bonchev–Trinajstić information content (AvgIpc) is 2.14. The first kappa shape index (κ1) is 8.45. The number of fused-ring (bicyclic) bond motifs is 2. The average molecular weight is 197 g/mol. The van der Waals surface area contributed by atoms with Crippen molar-refractivity contribution in [2.24, 2.45) is 0 Å². The number of alkyl halides is 1. The van der Waals surface area contributed by atoms with E-state index in [9.17, 15) is 0 Å². The van der Waals surface area contributed by atoms with Gasteiger partial charge in [-0.05, 0) is 17.7 Å². The van der Waals surface area contributed by atoms with Crippen molar-refractivity contribution in [3.05, 3.63) is 29.8 Å². The van der Waals surface area contributed by atoms with E-state index in [1.807, 2.05) is 30.4 Å². The Bertz CT molecular complexity index is 311. The summed E-state index contributed by atoms with van der Waals surface area (Å²) in [6.07, 6.45) is 3.82. The molecule has 13 heavy (non-hydrogen) atoms. The molecule has 0 aromatic heterocycles. The second kappa shape index (κ2) is 3.71. The van der Waals surface area contributed by atoms with Crippen LogP contribution in [-0.4, -0.2) is 12.7 Å². The zero-order chi connectivity index (χ0) is 9.10. The predicted molar refractivity (Wildman–Crippen MR) is 52.3 cm³/mol. The van der Waals surface area contributed by atoms with E-state index >= 15 is 0 Å². The van der Waals surface area contributed by atoms with E-state index in [1.165, 1.54) is 0 Å². The lowest BCUT2D eigenvalue weighted by Gasteiger charge is -2.16. The Hall–Kier alpha value is -1.15. The minimum Gasteiger partial charge on any atom is -0.457 e. The molecule has 0 amide bonds. The fourth-order valence-electron chi connectivity index (χ4n) is 1.20. The summed E-state index contributed by atoms with van der Waals surface area (Å²) in [5, 5.41) is 0. The van der Waals surface area contributed by atoms with E-state index in [0.29, 0.717) is 12.7 Å². The highest BCUT2D eigenvalue weighted by Crippen LogP contribution is 2.27. The molecule has 1 heterocycles. The maximum absolute atomic E-state index is 5.53. The second-order valence-electron chi connectivity index (χ2n) is 2.70. The molecule has 1 aromatic carbocycles. The summed E-state index contributed by atoms with van der Waals surface area (Å²) in [5.41, 5.74) is 1.05. The summed E-state index contributed by atoms with van der Waals surface area (Å²) in [7, 11) is 0. The Balaban J connectivity index is 2.29. The molecular formula is C10H9ClO2. The minimum absolute atomic E-state index is 0.306.